The van der Waals surface area contributed by atoms with Crippen LogP contribution in [0.5, 0.6) is 0 Å². The van der Waals surface area contributed by atoms with Crippen LogP contribution < -0.4 is 5.73 Å². The maximum Gasteiger partial charge on any atom is 0.238 e. The number of carbonyl (C=O) groups excluding carboxylic acids is 2. The fourth-order valence-corrected chi connectivity index (χ4v) is 1.86. The SMILES string of the molecule is CC1CN(C(=O)C2(C(N)=O)CC2)C1. The van der Waals surface area contributed by atoms with Crippen molar-refractivity contribution < 1.29 is 9.59 Å². The molecule has 2 N–H and O–H groups in total. The Labute approximate surface area is 77.1 Å². The molecule has 0 spiro atoms. The van der Waals surface area contributed by atoms with Gasteiger partial charge in [0.25, 0.3) is 0 Å². The number of hydrogen-bond donors (Lipinski definition) is 1. The molecule has 13 heavy (non-hydrogen) atoms. The standard InChI is InChI=1S/C9H14N2O2/c1-6-4-11(5-6)8(13)9(2-3-9)7(10)12/h6H,2-5H2,1H3,(H2,10,12). The van der Waals surface area contributed by atoms with Crippen LogP contribution >= 0.6 is 0 Å². The zero-order valence-corrected chi connectivity index (χ0v) is 7.75. The second-order valence-corrected chi connectivity index (χ2v) is 4.26. The highest BCUT2D eigenvalue weighted by Gasteiger charge is 2.57. The second kappa shape index (κ2) is 2.47. The topological polar surface area (TPSA) is 63.4 Å². The summed E-state index contributed by atoms with van der Waals surface area (Å²) in [4.78, 5) is 24.5. The minimum absolute atomic E-state index is 0.0434. The normalized spacial score (nSPS) is 25.2. The van der Waals surface area contributed by atoms with E-state index in [1.54, 1.807) is 4.90 Å². The Kier molecular flexibility index (Phi) is 1.62. The lowest BCUT2D eigenvalue weighted by Gasteiger charge is -2.38. The molecule has 0 aromatic rings. The van der Waals surface area contributed by atoms with Crippen LogP contribution in [-0.2, 0) is 9.59 Å². The van der Waals surface area contributed by atoms with E-state index in [4.69, 9.17) is 5.73 Å². The molecule has 0 unspecified atom stereocenters. The van der Waals surface area contributed by atoms with Gasteiger partial charge in [-0.2, -0.15) is 0 Å². The Balaban J connectivity index is 2.02. The molecular weight excluding hydrogens is 168 g/mol. The minimum Gasteiger partial charge on any atom is -0.369 e. The average molecular weight is 182 g/mol. The van der Waals surface area contributed by atoms with Crippen molar-refractivity contribution in [3.8, 4) is 0 Å². The van der Waals surface area contributed by atoms with Gasteiger partial charge in [-0.1, -0.05) is 6.92 Å². The minimum atomic E-state index is -0.805. The Bertz CT molecular complexity index is 265. The number of amides is 2. The third-order valence-corrected chi connectivity index (χ3v) is 2.98. The Morgan fingerprint density at radius 3 is 2.23 bits per heavy atom. The van der Waals surface area contributed by atoms with Crippen molar-refractivity contribution in [1.82, 2.24) is 4.90 Å². The molecule has 1 aliphatic carbocycles. The zero-order chi connectivity index (χ0) is 9.64. The third-order valence-electron chi connectivity index (χ3n) is 2.98. The van der Waals surface area contributed by atoms with Crippen LogP contribution in [0.2, 0.25) is 0 Å². The van der Waals surface area contributed by atoms with Gasteiger partial charge >= 0.3 is 0 Å². The summed E-state index contributed by atoms with van der Waals surface area (Å²) in [5, 5.41) is 0. The van der Waals surface area contributed by atoms with Gasteiger partial charge in [0.15, 0.2) is 0 Å². The summed E-state index contributed by atoms with van der Waals surface area (Å²) in [6.07, 6.45) is 1.29. The maximum absolute atomic E-state index is 11.7. The molecule has 0 bridgehead atoms. The van der Waals surface area contributed by atoms with E-state index in [1.807, 2.05) is 0 Å². The van der Waals surface area contributed by atoms with Crippen molar-refractivity contribution >= 4 is 11.8 Å². The summed E-state index contributed by atoms with van der Waals surface area (Å²) in [6.45, 7) is 3.66. The number of hydrogen-bond acceptors (Lipinski definition) is 2. The fraction of sp³-hybridized carbons (Fsp3) is 0.778. The van der Waals surface area contributed by atoms with E-state index in [2.05, 4.69) is 6.92 Å². The number of carbonyl (C=O) groups is 2. The number of likely N-dealkylation sites (tertiary alicyclic amines) is 1. The molecule has 0 aromatic heterocycles. The first kappa shape index (κ1) is 8.53. The number of nitrogens with two attached hydrogens (primary N) is 1. The molecule has 2 fully saturated rings. The fourth-order valence-electron chi connectivity index (χ4n) is 1.86. The molecular formula is C9H14N2O2. The molecule has 2 rings (SSSR count). The van der Waals surface area contributed by atoms with Gasteiger partial charge in [-0.3, -0.25) is 9.59 Å². The lowest BCUT2D eigenvalue weighted by atomic mass is 9.97. The van der Waals surface area contributed by atoms with Crippen LogP contribution in [0, 0.1) is 11.3 Å². The first-order valence-corrected chi connectivity index (χ1v) is 4.65. The van der Waals surface area contributed by atoms with Gasteiger partial charge in [0.05, 0.1) is 0 Å². The Morgan fingerprint density at radius 2 is 1.92 bits per heavy atom. The zero-order valence-electron chi connectivity index (χ0n) is 7.75. The molecule has 4 nitrogen and oxygen atoms in total. The smallest absolute Gasteiger partial charge is 0.238 e. The highest BCUT2D eigenvalue weighted by molar-refractivity contribution is 6.07. The van der Waals surface area contributed by atoms with Crippen LogP contribution in [0.25, 0.3) is 0 Å². The van der Waals surface area contributed by atoms with Gasteiger partial charge in [-0.15, -0.1) is 0 Å². The van der Waals surface area contributed by atoms with E-state index in [1.165, 1.54) is 0 Å². The summed E-state index contributed by atoms with van der Waals surface area (Å²) >= 11 is 0. The van der Waals surface area contributed by atoms with Gasteiger partial charge in [0.2, 0.25) is 11.8 Å². The molecule has 4 heteroatoms. The molecule has 1 heterocycles. The van der Waals surface area contributed by atoms with E-state index in [-0.39, 0.29) is 5.91 Å². The summed E-state index contributed by atoms with van der Waals surface area (Å²) in [5.74, 6) is 0.0859. The van der Waals surface area contributed by atoms with Crippen LogP contribution in [0.4, 0.5) is 0 Å². The maximum atomic E-state index is 11.7. The highest BCUT2D eigenvalue weighted by atomic mass is 16.2. The van der Waals surface area contributed by atoms with Gasteiger partial charge in [-0.05, 0) is 18.8 Å². The molecule has 1 saturated carbocycles. The van der Waals surface area contributed by atoms with Crippen LogP contribution in [-0.4, -0.2) is 29.8 Å². The summed E-state index contributed by atoms with van der Waals surface area (Å²) in [6, 6.07) is 0. The number of primary amides is 1. The van der Waals surface area contributed by atoms with E-state index < -0.39 is 11.3 Å². The van der Waals surface area contributed by atoms with Crippen LogP contribution in [0.3, 0.4) is 0 Å². The van der Waals surface area contributed by atoms with Gasteiger partial charge in [0, 0.05) is 13.1 Å². The monoisotopic (exact) mass is 182 g/mol. The van der Waals surface area contributed by atoms with Crippen molar-refractivity contribution in [2.75, 3.05) is 13.1 Å². The molecule has 2 amide bonds. The van der Waals surface area contributed by atoms with Gasteiger partial charge in [0.1, 0.15) is 5.41 Å². The molecule has 2 aliphatic rings. The summed E-state index contributed by atoms with van der Waals surface area (Å²) in [5.41, 5.74) is 4.39. The highest BCUT2D eigenvalue weighted by Crippen LogP contribution is 2.47. The predicted molar refractivity (Wildman–Crippen MR) is 46.6 cm³/mol. The van der Waals surface area contributed by atoms with Crippen LogP contribution in [0.15, 0.2) is 0 Å². The van der Waals surface area contributed by atoms with E-state index in [9.17, 15) is 9.59 Å². The van der Waals surface area contributed by atoms with E-state index >= 15 is 0 Å². The largest absolute Gasteiger partial charge is 0.369 e. The van der Waals surface area contributed by atoms with Crippen molar-refractivity contribution in [1.29, 1.82) is 0 Å². The number of rotatable bonds is 2. The number of nitrogens with zero attached hydrogens (tertiary/aromatic N) is 1. The first-order chi connectivity index (χ1) is 6.06. The average Bonchev–Trinajstić information content (AvgIpc) is 2.77. The molecule has 0 atom stereocenters. The van der Waals surface area contributed by atoms with Gasteiger partial charge in [-0.25, -0.2) is 0 Å². The Hall–Kier alpha value is -1.06. The van der Waals surface area contributed by atoms with Crippen molar-refractivity contribution in [2.45, 2.75) is 19.8 Å². The second-order valence-electron chi connectivity index (χ2n) is 4.26. The first-order valence-electron chi connectivity index (χ1n) is 4.65. The summed E-state index contributed by atoms with van der Waals surface area (Å²) < 4.78 is 0. The van der Waals surface area contributed by atoms with Crippen LogP contribution in [0.1, 0.15) is 19.8 Å². The van der Waals surface area contributed by atoms with Crippen molar-refractivity contribution in [2.24, 2.45) is 17.1 Å². The van der Waals surface area contributed by atoms with Crippen molar-refractivity contribution in [3.05, 3.63) is 0 Å². The van der Waals surface area contributed by atoms with Crippen molar-refractivity contribution in [3.63, 3.8) is 0 Å². The molecule has 1 saturated heterocycles. The van der Waals surface area contributed by atoms with Gasteiger partial charge < -0.3 is 10.6 Å². The lowest BCUT2D eigenvalue weighted by molar-refractivity contribution is -0.147. The molecule has 72 valence electrons. The molecule has 1 aliphatic heterocycles. The van der Waals surface area contributed by atoms with E-state index in [0.717, 1.165) is 13.1 Å². The molecule has 0 radical (unpaired) electrons. The quantitative estimate of drug-likeness (QED) is 0.597. The molecule has 0 aromatic carbocycles. The van der Waals surface area contributed by atoms with E-state index in [0.29, 0.717) is 18.8 Å². The Morgan fingerprint density at radius 1 is 1.38 bits per heavy atom. The summed E-state index contributed by atoms with van der Waals surface area (Å²) in [7, 11) is 0. The predicted octanol–water partition coefficient (Wildman–Crippen LogP) is -0.270. The lowest BCUT2D eigenvalue weighted by Crippen LogP contribution is -2.53. The third kappa shape index (κ3) is 1.12.